The van der Waals surface area contributed by atoms with Gasteiger partial charge in [-0.2, -0.15) is 0 Å². The second-order valence-corrected chi connectivity index (χ2v) is 11.8. The van der Waals surface area contributed by atoms with Crippen LogP contribution in [0, 0.1) is 5.92 Å². The predicted molar refractivity (Wildman–Crippen MR) is 163 cm³/mol. The third-order valence-electron chi connectivity index (χ3n) is 7.09. The summed E-state index contributed by atoms with van der Waals surface area (Å²) in [5.41, 5.74) is 2.82. The van der Waals surface area contributed by atoms with Crippen molar-refractivity contribution in [1.29, 1.82) is 0 Å². The van der Waals surface area contributed by atoms with Gasteiger partial charge < -0.3 is 9.47 Å². The summed E-state index contributed by atoms with van der Waals surface area (Å²) in [6.45, 7) is 5.17. The van der Waals surface area contributed by atoms with Crippen molar-refractivity contribution in [3.8, 4) is 11.5 Å². The first kappa shape index (κ1) is 27.5. The molecule has 1 heterocycles. The molecule has 1 amide bonds. The molecule has 1 aliphatic heterocycles. The van der Waals surface area contributed by atoms with Crippen LogP contribution in [0.25, 0.3) is 6.08 Å². The number of hydrogen-bond acceptors (Lipinski definition) is 5. The fourth-order valence-electron chi connectivity index (χ4n) is 5.05. The molecule has 5 rings (SSSR count). The number of ether oxygens (including phenoxy) is 2. The highest BCUT2D eigenvalue weighted by atomic mass is 79.9. The lowest BCUT2D eigenvalue weighted by Crippen LogP contribution is -2.44. The highest BCUT2D eigenvalue weighted by Gasteiger charge is 2.41. The van der Waals surface area contributed by atoms with Gasteiger partial charge in [-0.15, -0.1) is 0 Å². The van der Waals surface area contributed by atoms with E-state index in [0.717, 1.165) is 45.7 Å². The normalized spacial score (nSPS) is 21.5. The van der Waals surface area contributed by atoms with E-state index in [2.05, 4.69) is 22.9 Å². The summed E-state index contributed by atoms with van der Waals surface area (Å²) in [5.74, 6) is 1.81. The monoisotopic (exact) mass is 604 g/mol. The number of halogens is 1. The van der Waals surface area contributed by atoms with Gasteiger partial charge in [-0.1, -0.05) is 72.1 Å². The zero-order valence-corrected chi connectivity index (χ0v) is 24.7. The lowest BCUT2D eigenvalue weighted by Gasteiger charge is -2.35. The molecule has 0 N–H and O–H groups in total. The van der Waals surface area contributed by atoms with Gasteiger partial charge in [0.15, 0.2) is 16.7 Å². The zero-order valence-electron chi connectivity index (χ0n) is 22.3. The Hall–Kier alpha value is -3.03. The molecule has 3 aromatic rings. The maximum absolute atomic E-state index is 13.8. The smallest absolute Gasteiger partial charge is 0.267 e. The number of hydrogen-bond donors (Lipinski definition) is 0. The van der Waals surface area contributed by atoms with Gasteiger partial charge in [0, 0.05) is 10.5 Å². The lowest BCUT2D eigenvalue weighted by atomic mass is 9.85. The van der Waals surface area contributed by atoms with Gasteiger partial charge in [-0.25, -0.2) is 4.99 Å². The third-order valence-corrected chi connectivity index (χ3v) is 8.60. The minimum atomic E-state index is 0.0296. The standard InChI is InChI=1S/C32H33BrN2O3S/c1-3-37-29-19-24(15-18-28(29)38-21-23-13-16-25(33)17-14-23)20-30-31(36)35(27-12-8-7-9-22(27)2)32(39-30)34-26-10-5-4-6-11-26/h4-6,10-11,13-20,22,27H,3,7-9,12,21H2,1-2H3/b30-20-,34-32?/t22-,27-/m0/s1. The van der Waals surface area contributed by atoms with Gasteiger partial charge in [-0.05, 0) is 91.0 Å². The van der Waals surface area contributed by atoms with Crippen molar-refractivity contribution in [2.24, 2.45) is 10.9 Å². The summed E-state index contributed by atoms with van der Waals surface area (Å²) in [6, 6.07) is 23.9. The number of rotatable bonds is 8. The maximum Gasteiger partial charge on any atom is 0.267 e. The van der Waals surface area contributed by atoms with E-state index in [1.165, 1.54) is 18.2 Å². The van der Waals surface area contributed by atoms with E-state index < -0.39 is 0 Å². The number of para-hydroxylation sites is 1. The Kier molecular flexibility index (Phi) is 9.09. The van der Waals surface area contributed by atoms with E-state index in [-0.39, 0.29) is 11.9 Å². The van der Waals surface area contributed by atoms with E-state index in [4.69, 9.17) is 14.5 Å². The van der Waals surface area contributed by atoms with Crippen molar-refractivity contribution in [3.63, 3.8) is 0 Å². The summed E-state index contributed by atoms with van der Waals surface area (Å²) in [4.78, 5) is 21.3. The van der Waals surface area contributed by atoms with Gasteiger partial charge in [0.1, 0.15) is 6.61 Å². The number of amidine groups is 1. The minimum Gasteiger partial charge on any atom is -0.490 e. The van der Waals surface area contributed by atoms with Crippen LogP contribution in [0.3, 0.4) is 0 Å². The maximum atomic E-state index is 13.8. The number of nitrogens with zero attached hydrogens (tertiary/aromatic N) is 2. The molecular weight excluding hydrogens is 572 g/mol. The molecule has 0 aromatic heterocycles. The van der Waals surface area contributed by atoms with Crippen LogP contribution >= 0.6 is 27.7 Å². The van der Waals surface area contributed by atoms with Crippen molar-refractivity contribution in [1.82, 2.24) is 4.90 Å². The van der Waals surface area contributed by atoms with Gasteiger partial charge in [0.2, 0.25) is 0 Å². The van der Waals surface area contributed by atoms with Crippen molar-refractivity contribution >= 4 is 50.5 Å². The number of aliphatic imine (C=N–C) groups is 1. The molecule has 1 saturated carbocycles. The van der Waals surface area contributed by atoms with Crippen LogP contribution in [-0.2, 0) is 11.4 Å². The van der Waals surface area contributed by atoms with Crippen LogP contribution in [0.2, 0.25) is 0 Å². The molecule has 2 aliphatic rings. The summed E-state index contributed by atoms with van der Waals surface area (Å²) in [7, 11) is 0. The SMILES string of the molecule is CCOc1cc(/C=C2\SC(=Nc3ccccc3)N([C@H]3CCCC[C@@H]3C)C2=O)ccc1OCc1ccc(Br)cc1. The Labute approximate surface area is 243 Å². The van der Waals surface area contributed by atoms with Gasteiger partial charge in [-0.3, -0.25) is 9.69 Å². The van der Waals surface area contributed by atoms with Crippen molar-refractivity contribution in [2.75, 3.05) is 6.61 Å². The second-order valence-electron chi connectivity index (χ2n) is 9.90. The first-order chi connectivity index (χ1) is 19.0. The number of amides is 1. The van der Waals surface area contributed by atoms with Crippen molar-refractivity contribution in [3.05, 3.63) is 93.3 Å². The molecular formula is C32H33BrN2O3S. The number of carbonyl (C=O) groups excluding carboxylic acids is 1. The van der Waals surface area contributed by atoms with E-state index >= 15 is 0 Å². The largest absolute Gasteiger partial charge is 0.490 e. The van der Waals surface area contributed by atoms with Crippen LogP contribution in [0.4, 0.5) is 5.69 Å². The number of benzene rings is 3. The van der Waals surface area contributed by atoms with E-state index in [0.29, 0.717) is 35.5 Å². The summed E-state index contributed by atoms with van der Waals surface area (Å²) in [5, 5.41) is 0.760. The molecule has 2 atom stereocenters. The third kappa shape index (κ3) is 6.76. The molecule has 202 valence electrons. The van der Waals surface area contributed by atoms with Gasteiger partial charge in [0.05, 0.1) is 17.2 Å². The fraction of sp³-hybridized carbons (Fsp3) is 0.312. The second kappa shape index (κ2) is 12.9. The Bertz CT molecular complexity index is 1360. The summed E-state index contributed by atoms with van der Waals surface area (Å²) in [6.07, 6.45) is 6.45. The number of carbonyl (C=O) groups is 1. The Morgan fingerprint density at radius 1 is 1.00 bits per heavy atom. The molecule has 3 aromatic carbocycles. The highest BCUT2D eigenvalue weighted by Crippen LogP contribution is 2.40. The van der Waals surface area contributed by atoms with E-state index in [1.807, 2.05) is 90.7 Å². The minimum absolute atomic E-state index is 0.0296. The van der Waals surface area contributed by atoms with Gasteiger partial charge >= 0.3 is 0 Å². The molecule has 7 heteroatoms. The Morgan fingerprint density at radius 2 is 1.77 bits per heavy atom. The highest BCUT2D eigenvalue weighted by molar-refractivity contribution is 9.10. The molecule has 1 aliphatic carbocycles. The van der Waals surface area contributed by atoms with Crippen LogP contribution in [0.1, 0.15) is 50.7 Å². The molecule has 0 spiro atoms. The molecule has 1 saturated heterocycles. The molecule has 5 nitrogen and oxygen atoms in total. The molecule has 0 unspecified atom stereocenters. The topological polar surface area (TPSA) is 51.1 Å². The van der Waals surface area contributed by atoms with Crippen molar-refractivity contribution < 1.29 is 14.3 Å². The van der Waals surface area contributed by atoms with E-state index in [1.54, 1.807) is 0 Å². The average Bonchev–Trinajstić information content (AvgIpc) is 3.24. The molecule has 0 bridgehead atoms. The zero-order chi connectivity index (χ0) is 27.2. The molecule has 2 fully saturated rings. The number of thioether (sulfide) groups is 1. The summed E-state index contributed by atoms with van der Waals surface area (Å²) < 4.78 is 13.0. The molecule has 39 heavy (non-hydrogen) atoms. The van der Waals surface area contributed by atoms with Crippen LogP contribution in [0.5, 0.6) is 11.5 Å². The van der Waals surface area contributed by atoms with Crippen LogP contribution in [0.15, 0.2) is 87.2 Å². The Morgan fingerprint density at radius 3 is 2.51 bits per heavy atom. The van der Waals surface area contributed by atoms with Gasteiger partial charge in [0.25, 0.3) is 5.91 Å². The van der Waals surface area contributed by atoms with Crippen LogP contribution < -0.4 is 9.47 Å². The summed E-state index contributed by atoms with van der Waals surface area (Å²) >= 11 is 4.92. The first-order valence-corrected chi connectivity index (χ1v) is 15.1. The predicted octanol–water partition coefficient (Wildman–Crippen LogP) is 8.61. The van der Waals surface area contributed by atoms with E-state index in [9.17, 15) is 4.79 Å². The molecule has 0 radical (unpaired) electrons. The Balaban J connectivity index is 1.42. The lowest BCUT2D eigenvalue weighted by molar-refractivity contribution is -0.124. The average molecular weight is 606 g/mol. The van der Waals surface area contributed by atoms with Crippen LogP contribution in [-0.4, -0.2) is 28.6 Å². The first-order valence-electron chi connectivity index (χ1n) is 13.5. The fourth-order valence-corrected chi connectivity index (χ4v) is 6.35. The quantitative estimate of drug-likeness (QED) is 0.241. The van der Waals surface area contributed by atoms with Crippen molar-refractivity contribution in [2.45, 2.75) is 52.2 Å².